The monoisotopic (exact) mass is 250 g/mol. The smallest absolute Gasteiger partial charge is 0.181 e. The minimum absolute atomic E-state index is 0.223. The van der Waals surface area contributed by atoms with Gasteiger partial charge in [0.05, 0.1) is 6.10 Å². The lowest BCUT2D eigenvalue weighted by Crippen LogP contribution is -2.33. The van der Waals surface area contributed by atoms with E-state index < -0.39 is 0 Å². The number of ketones is 1. The summed E-state index contributed by atoms with van der Waals surface area (Å²) in [5, 5.41) is 4.19. The fourth-order valence-corrected chi connectivity index (χ4v) is 2.54. The van der Waals surface area contributed by atoms with E-state index in [1.807, 2.05) is 17.7 Å². The molecule has 1 aliphatic rings. The standard InChI is InChI=1S/C14H22N2O2/c1-3-7-16-13(5-6-15-16)14(17)10-11-8-12(9-11)18-4-2/h5-6,11-12H,3-4,7-10H2,1-2H3. The van der Waals surface area contributed by atoms with E-state index in [9.17, 15) is 4.79 Å². The highest BCUT2D eigenvalue weighted by Gasteiger charge is 2.31. The van der Waals surface area contributed by atoms with Crippen molar-refractivity contribution in [1.29, 1.82) is 0 Å². The summed E-state index contributed by atoms with van der Waals surface area (Å²) in [6.45, 7) is 5.70. The molecule has 4 heteroatoms. The molecule has 18 heavy (non-hydrogen) atoms. The number of hydrogen-bond acceptors (Lipinski definition) is 3. The Hall–Kier alpha value is -1.16. The van der Waals surface area contributed by atoms with Crippen molar-refractivity contribution in [2.24, 2.45) is 5.92 Å². The summed E-state index contributed by atoms with van der Waals surface area (Å²) in [4.78, 5) is 12.2. The molecule has 0 unspecified atom stereocenters. The predicted molar refractivity (Wildman–Crippen MR) is 69.6 cm³/mol. The third-order valence-corrected chi connectivity index (χ3v) is 3.51. The van der Waals surface area contributed by atoms with Crippen LogP contribution in [0.2, 0.25) is 0 Å². The lowest BCUT2D eigenvalue weighted by molar-refractivity contribution is -0.0246. The largest absolute Gasteiger partial charge is 0.378 e. The van der Waals surface area contributed by atoms with Gasteiger partial charge in [-0.2, -0.15) is 5.10 Å². The molecule has 0 N–H and O–H groups in total. The van der Waals surface area contributed by atoms with Crippen molar-refractivity contribution in [2.75, 3.05) is 6.61 Å². The average Bonchev–Trinajstić information content (AvgIpc) is 2.75. The Kier molecular flexibility index (Phi) is 4.53. The highest BCUT2D eigenvalue weighted by atomic mass is 16.5. The Morgan fingerprint density at radius 3 is 2.94 bits per heavy atom. The summed E-state index contributed by atoms with van der Waals surface area (Å²) < 4.78 is 7.33. The third kappa shape index (κ3) is 2.99. The lowest BCUT2D eigenvalue weighted by atomic mass is 9.78. The van der Waals surface area contributed by atoms with Crippen LogP contribution in [0, 0.1) is 5.92 Å². The van der Waals surface area contributed by atoms with Crippen molar-refractivity contribution in [3.05, 3.63) is 18.0 Å². The molecule has 1 aromatic rings. The molecular weight excluding hydrogens is 228 g/mol. The normalized spacial score (nSPS) is 22.8. The molecule has 1 aliphatic carbocycles. The van der Waals surface area contributed by atoms with Crippen LogP contribution in [0.15, 0.2) is 12.3 Å². The van der Waals surface area contributed by atoms with E-state index in [0.29, 0.717) is 18.4 Å². The summed E-state index contributed by atoms with van der Waals surface area (Å²) >= 11 is 0. The summed E-state index contributed by atoms with van der Waals surface area (Å²) in [5.41, 5.74) is 0.761. The van der Waals surface area contributed by atoms with Crippen LogP contribution in [0.4, 0.5) is 0 Å². The van der Waals surface area contributed by atoms with E-state index in [1.54, 1.807) is 6.20 Å². The molecule has 1 heterocycles. The summed E-state index contributed by atoms with van der Waals surface area (Å²) in [7, 11) is 0. The Labute approximate surface area is 108 Å². The van der Waals surface area contributed by atoms with Crippen LogP contribution >= 0.6 is 0 Å². The van der Waals surface area contributed by atoms with Gasteiger partial charge in [0.25, 0.3) is 0 Å². The second-order valence-electron chi connectivity index (χ2n) is 4.98. The van der Waals surface area contributed by atoms with Gasteiger partial charge < -0.3 is 4.74 Å². The molecule has 0 amide bonds. The van der Waals surface area contributed by atoms with E-state index >= 15 is 0 Å². The summed E-state index contributed by atoms with van der Waals surface area (Å²) in [6.07, 6.45) is 5.79. The first kappa shape index (κ1) is 13.3. The quantitative estimate of drug-likeness (QED) is 0.699. The first-order valence-electron chi connectivity index (χ1n) is 6.91. The fraction of sp³-hybridized carbons (Fsp3) is 0.714. The molecule has 0 atom stereocenters. The highest BCUT2D eigenvalue weighted by molar-refractivity contribution is 5.94. The number of carbonyl (C=O) groups excluding carboxylic acids is 1. The van der Waals surface area contributed by atoms with Gasteiger partial charge in [-0.25, -0.2) is 0 Å². The van der Waals surface area contributed by atoms with Crippen molar-refractivity contribution < 1.29 is 9.53 Å². The molecule has 0 aromatic carbocycles. The van der Waals surface area contributed by atoms with Gasteiger partial charge in [-0.1, -0.05) is 6.92 Å². The van der Waals surface area contributed by atoms with Crippen LogP contribution in [-0.4, -0.2) is 28.3 Å². The zero-order chi connectivity index (χ0) is 13.0. The van der Waals surface area contributed by atoms with Crippen LogP contribution in [-0.2, 0) is 11.3 Å². The molecule has 0 radical (unpaired) electrons. The van der Waals surface area contributed by atoms with Crippen molar-refractivity contribution in [3.63, 3.8) is 0 Å². The van der Waals surface area contributed by atoms with Gasteiger partial charge in [-0.3, -0.25) is 9.48 Å². The van der Waals surface area contributed by atoms with E-state index in [0.717, 1.165) is 38.1 Å². The minimum atomic E-state index is 0.223. The Morgan fingerprint density at radius 2 is 2.28 bits per heavy atom. The van der Waals surface area contributed by atoms with Gasteiger partial charge in [0.15, 0.2) is 5.78 Å². The number of aryl methyl sites for hydroxylation is 1. The van der Waals surface area contributed by atoms with Crippen LogP contribution in [0.5, 0.6) is 0 Å². The number of ether oxygens (including phenoxy) is 1. The molecule has 0 aliphatic heterocycles. The first-order valence-corrected chi connectivity index (χ1v) is 6.91. The van der Waals surface area contributed by atoms with Crippen molar-refractivity contribution in [3.8, 4) is 0 Å². The van der Waals surface area contributed by atoms with Crippen molar-refractivity contribution in [1.82, 2.24) is 9.78 Å². The molecule has 100 valence electrons. The zero-order valence-electron chi connectivity index (χ0n) is 11.3. The molecule has 0 spiro atoms. The first-order chi connectivity index (χ1) is 8.74. The molecule has 1 aromatic heterocycles. The highest BCUT2D eigenvalue weighted by Crippen LogP contribution is 2.33. The fourth-order valence-electron chi connectivity index (χ4n) is 2.54. The minimum Gasteiger partial charge on any atom is -0.378 e. The second-order valence-corrected chi connectivity index (χ2v) is 4.98. The van der Waals surface area contributed by atoms with E-state index in [4.69, 9.17) is 4.74 Å². The SMILES string of the molecule is CCCn1nccc1C(=O)CC1CC(OCC)C1. The van der Waals surface area contributed by atoms with Gasteiger partial charge in [0.1, 0.15) is 5.69 Å². The predicted octanol–water partition coefficient (Wildman–Crippen LogP) is 2.68. The van der Waals surface area contributed by atoms with Crippen LogP contribution < -0.4 is 0 Å². The van der Waals surface area contributed by atoms with Crippen LogP contribution in [0.25, 0.3) is 0 Å². The summed E-state index contributed by atoms with van der Waals surface area (Å²) in [6, 6.07) is 1.83. The van der Waals surface area contributed by atoms with Gasteiger partial charge >= 0.3 is 0 Å². The maximum atomic E-state index is 12.2. The number of hydrogen-bond donors (Lipinski definition) is 0. The summed E-state index contributed by atoms with van der Waals surface area (Å²) in [5.74, 6) is 0.722. The maximum absolute atomic E-state index is 12.2. The molecule has 1 saturated carbocycles. The molecule has 0 bridgehead atoms. The molecular formula is C14H22N2O2. The number of nitrogens with zero attached hydrogens (tertiary/aromatic N) is 2. The maximum Gasteiger partial charge on any atom is 0.181 e. The Morgan fingerprint density at radius 1 is 1.50 bits per heavy atom. The van der Waals surface area contributed by atoms with Crippen LogP contribution in [0.1, 0.15) is 50.0 Å². The number of rotatable bonds is 7. The molecule has 1 fully saturated rings. The Balaban J connectivity index is 1.83. The number of aromatic nitrogens is 2. The topological polar surface area (TPSA) is 44.1 Å². The van der Waals surface area contributed by atoms with E-state index in [2.05, 4.69) is 12.0 Å². The van der Waals surface area contributed by atoms with Crippen molar-refractivity contribution >= 4 is 5.78 Å². The van der Waals surface area contributed by atoms with Gasteiger partial charge in [0, 0.05) is 25.8 Å². The van der Waals surface area contributed by atoms with E-state index in [-0.39, 0.29) is 5.78 Å². The molecule has 2 rings (SSSR count). The number of Topliss-reactive ketones (excluding diaryl/α,β-unsaturated/α-hetero) is 1. The Bertz CT molecular complexity index is 394. The molecule has 4 nitrogen and oxygen atoms in total. The van der Waals surface area contributed by atoms with Crippen LogP contribution in [0.3, 0.4) is 0 Å². The zero-order valence-corrected chi connectivity index (χ0v) is 11.3. The third-order valence-electron chi connectivity index (χ3n) is 3.51. The average molecular weight is 250 g/mol. The van der Waals surface area contributed by atoms with E-state index in [1.165, 1.54) is 0 Å². The van der Waals surface area contributed by atoms with Gasteiger partial charge in [0.2, 0.25) is 0 Å². The van der Waals surface area contributed by atoms with Crippen molar-refractivity contribution in [2.45, 2.75) is 52.2 Å². The number of carbonyl (C=O) groups is 1. The second kappa shape index (κ2) is 6.14. The molecule has 0 saturated heterocycles. The lowest BCUT2D eigenvalue weighted by Gasteiger charge is -2.34. The van der Waals surface area contributed by atoms with Gasteiger partial charge in [-0.05, 0) is 38.2 Å². The van der Waals surface area contributed by atoms with Gasteiger partial charge in [-0.15, -0.1) is 0 Å².